The molecular formula is C15H17ClO4S. The summed E-state index contributed by atoms with van der Waals surface area (Å²) < 4.78 is 18.0. The minimum atomic E-state index is -1.10. The minimum absolute atomic E-state index is 0.114. The van der Waals surface area contributed by atoms with Crippen LogP contribution in [0.4, 0.5) is 0 Å². The minimum Gasteiger partial charge on any atom is -0.493 e. The van der Waals surface area contributed by atoms with Crippen molar-refractivity contribution in [2.45, 2.75) is 31.4 Å². The van der Waals surface area contributed by atoms with Crippen molar-refractivity contribution in [3.8, 4) is 5.75 Å². The van der Waals surface area contributed by atoms with E-state index in [9.17, 15) is 9.00 Å². The predicted octanol–water partition coefficient (Wildman–Crippen LogP) is 2.78. The third-order valence-electron chi connectivity index (χ3n) is 4.09. The molecular weight excluding hydrogens is 312 g/mol. The smallest absolute Gasteiger partial charge is 0.303 e. The topological polar surface area (TPSA) is 63.6 Å². The van der Waals surface area contributed by atoms with Gasteiger partial charge >= 0.3 is 5.97 Å². The number of halogens is 1. The van der Waals surface area contributed by atoms with Crippen LogP contribution in [0.1, 0.15) is 30.4 Å². The van der Waals surface area contributed by atoms with Crippen molar-refractivity contribution < 1.29 is 18.8 Å². The van der Waals surface area contributed by atoms with E-state index in [1.54, 1.807) is 6.07 Å². The molecule has 21 heavy (non-hydrogen) atoms. The van der Waals surface area contributed by atoms with Crippen LogP contribution in [0, 0.1) is 5.41 Å². The fourth-order valence-electron chi connectivity index (χ4n) is 2.89. The second-order valence-corrected chi connectivity index (χ2v) is 7.84. The summed E-state index contributed by atoms with van der Waals surface area (Å²) in [5, 5.41) is 9.56. The van der Waals surface area contributed by atoms with Crippen molar-refractivity contribution in [3.05, 3.63) is 28.3 Å². The third kappa shape index (κ3) is 3.40. The average Bonchev–Trinajstić information content (AvgIpc) is 2.94. The van der Waals surface area contributed by atoms with E-state index in [1.807, 2.05) is 6.07 Å². The highest BCUT2D eigenvalue weighted by Crippen LogP contribution is 2.49. The maximum atomic E-state index is 12.4. The number of carboxylic acid groups (broad SMARTS) is 1. The van der Waals surface area contributed by atoms with Crippen LogP contribution in [0.3, 0.4) is 0 Å². The van der Waals surface area contributed by atoms with Gasteiger partial charge in [-0.15, -0.1) is 0 Å². The Balaban J connectivity index is 1.70. The molecule has 1 aliphatic carbocycles. The summed E-state index contributed by atoms with van der Waals surface area (Å²) in [4.78, 5) is 10.9. The molecule has 1 unspecified atom stereocenters. The van der Waals surface area contributed by atoms with E-state index in [4.69, 9.17) is 21.4 Å². The Kier molecular flexibility index (Phi) is 3.97. The van der Waals surface area contributed by atoms with Crippen LogP contribution in [0.2, 0.25) is 5.02 Å². The molecule has 2 aliphatic rings. The molecule has 1 saturated carbocycles. The van der Waals surface area contributed by atoms with Gasteiger partial charge in [-0.25, -0.2) is 0 Å². The van der Waals surface area contributed by atoms with Crippen molar-refractivity contribution in [1.82, 2.24) is 0 Å². The van der Waals surface area contributed by atoms with Crippen molar-refractivity contribution in [2.24, 2.45) is 5.41 Å². The van der Waals surface area contributed by atoms with Gasteiger partial charge in [0, 0.05) is 33.6 Å². The summed E-state index contributed by atoms with van der Waals surface area (Å²) in [5.74, 6) is 0.831. The number of ether oxygens (including phenoxy) is 1. The molecule has 0 bridgehead atoms. The van der Waals surface area contributed by atoms with E-state index in [1.165, 1.54) is 0 Å². The molecule has 4 nitrogen and oxygen atoms in total. The summed E-state index contributed by atoms with van der Waals surface area (Å²) in [6.07, 6.45) is 2.66. The van der Waals surface area contributed by atoms with Gasteiger partial charge in [-0.1, -0.05) is 11.6 Å². The second-order valence-electron chi connectivity index (χ2n) is 5.95. The van der Waals surface area contributed by atoms with Gasteiger partial charge in [0.25, 0.3) is 0 Å². The van der Waals surface area contributed by atoms with Gasteiger partial charge in [0.1, 0.15) is 5.75 Å². The van der Waals surface area contributed by atoms with Crippen LogP contribution in [0.15, 0.2) is 12.1 Å². The Morgan fingerprint density at radius 2 is 2.19 bits per heavy atom. The number of hydrogen-bond donors (Lipinski definition) is 1. The molecule has 1 aliphatic heterocycles. The van der Waals surface area contributed by atoms with Crippen LogP contribution in [-0.4, -0.2) is 27.6 Å². The van der Waals surface area contributed by atoms with Crippen molar-refractivity contribution in [1.29, 1.82) is 0 Å². The van der Waals surface area contributed by atoms with Gasteiger partial charge in [-0.3, -0.25) is 9.00 Å². The number of rotatable bonds is 6. The Labute approximate surface area is 130 Å². The summed E-state index contributed by atoms with van der Waals surface area (Å²) in [5.41, 5.74) is 1.69. The fraction of sp³-hybridized carbons (Fsp3) is 0.533. The molecule has 0 amide bonds. The van der Waals surface area contributed by atoms with Crippen LogP contribution in [0.5, 0.6) is 5.75 Å². The zero-order chi connectivity index (χ0) is 15.0. The molecule has 0 spiro atoms. The normalized spacial score (nSPS) is 19.7. The van der Waals surface area contributed by atoms with E-state index in [0.717, 1.165) is 36.1 Å². The molecule has 1 aromatic rings. The molecule has 0 radical (unpaired) electrons. The van der Waals surface area contributed by atoms with E-state index >= 15 is 0 Å². The molecule has 1 N–H and O–H groups in total. The Bertz CT molecular complexity index is 610. The van der Waals surface area contributed by atoms with E-state index in [-0.39, 0.29) is 11.8 Å². The zero-order valence-corrected chi connectivity index (χ0v) is 13.1. The Morgan fingerprint density at radius 3 is 2.86 bits per heavy atom. The van der Waals surface area contributed by atoms with Gasteiger partial charge in [0.15, 0.2) is 0 Å². The number of fused-ring (bicyclic) bond motifs is 1. The summed E-state index contributed by atoms with van der Waals surface area (Å²) in [6.45, 7) is 0.637. The van der Waals surface area contributed by atoms with Crippen LogP contribution >= 0.6 is 11.6 Å². The first-order valence-electron chi connectivity index (χ1n) is 6.98. The Hall–Kier alpha value is -1.07. The Morgan fingerprint density at radius 1 is 1.43 bits per heavy atom. The average molecular weight is 329 g/mol. The van der Waals surface area contributed by atoms with Gasteiger partial charge in [0.2, 0.25) is 0 Å². The highest BCUT2D eigenvalue weighted by Gasteiger charge is 2.45. The van der Waals surface area contributed by atoms with Gasteiger partial charge < -0.3 is 9.84 Å². The van der Waals surface area contributed by atoms with E-state index < -0.39 is 16.8 Å². The lowest BCUT2D eigenvalue weighted by Gasteiger charge is -2.13. The number of hydrogen-bond acceptors (Lipinski definition) is 3. The molecule has 1 atom stereocenters. The van der Waals surface area contributed by atoms with Crippen molar-refractivity contribution in [2.75, 3.05) is 12.4 Å². The largest absolute Gasteiger partial charge is 0.493 e. The number of aliphatic carboxylic acids is 1. The molecule has 0 aromatic heterocycles. The summed E-state index contributed by atoms with van der Waals surface area (Å²) in [7, 11) is -1.10. The maximum absolute atomic E-state index is 12.4. The molecule has 1 aromatic carbocycles. The van der Waals surface area contributed by atoms with Gasteiger partial charge in [-0.2, -0.15) is 0 Å². The van der Waals surface area contributed by atoms with Crippen molar-refractivity contribution in [3.63, 3.8) is 0 Å². The molecule has 6 heteroatoms. The number of carbonyl (C=O) groups is 1. The van der Waals surface area contributed by atoms with Gasteiger partial charge in [-0.05, 0) is 36.0 Å². The molecule has 0 saturated heterocycles. The molecule has 1 fully saturated rings. The van der Waals surface area contributed by atoms with Gasteiger partial charge in [0.05, 0.1) is 18.8 Å². The molecule has 1 heterocycles. The maximum Gasteiger partial charge on any atom is 0.303 e. The lowest BCUT2D eigenvalue weighted by atomic mass is 10.1. The first-order chi connectivity index (χ1) is 9.97. The zero-order valence-electron chi connectivity index (χ0n) is 11.6. The number of benzene rings is 1. The fourth-order valence-corrected chi connectivity index (χ4v) is 4.89. The second kappa shape index (κ2) is 5.61. The van der Waals surface area contributed by atoms with E-state index in [2.05, 4.69) is 0 Å². The SMILES string of the molecule is O=C(O)CC1(CS(=O)Cc2cc(Cl)cc3c2OCC3)CC1. The number of carboxylic acids is 1. The third-order valence-corrected chi connectivity index (χ3v) is 5.88. The lowest BCUT2D eigenvalue weighted by Crippen LogP contribution is -2.17. The van der Waals surface area contributed by atoms with Crippen LogP contribution in [-0.2, 0) is 27.8 Å². The molecule has 3 rings (SSSR count). The van der Waals surface area contributed by atoms with Crippen molar-refractivity contribution >= 4 is 28.4 Å². The van der Waals surface area contributed by atoms with Crippen LogP contribution < -0.4 is 4.74 Å². The van der Waals surface area contributed by atoms with E-state index in [0.29, 0.717) is 23.1 Å². The summed E-state index contributed by atoms with van der Waals surface area (Å²) in [6, 6.07) is 3.70. The predicted molar refractivity (Wildman–Crippen MR) is 81.3 cm³/mol. The van der Waals surface area contributed by atoms with Crippen LogP contribution in [0.25, 0.3) is 0 Å². The first kappa shape index (κ1) is 14.9. The monoisotopic (exact) mass is 328 g/mol. The first-order valence-corrected chi connectivity index (χ1v) is 8.85. The lowest BCUT2D eigenvalue weighted by molar-refractivity contribution is -0.138. The standard InChI is InChI=1S/C15H17ClO4S/c16-12-5-10-1-4-20-14(10)11(6-12)8-21(19)9-15(2-3-15)7-13(17)18/h5-6H,1-4,7-9H2,(H,17,18). The summed E-state index contributed by atoms with van der Waals surface area (Å²) >= 11 is 6.09. The molecule has 114 valence electrons. The highest BCUT2D eigenvalue weighted by molar-refractivity contribution is 7.84. The quantitative estimate of drug-likeness (QED) is 0.872. The highest BCUT2D eigenvalue weighted by atomic mass is 35.5.